The van der Waals surface area contributed by atoms with Gasteiger partial charge in [-0.2, -0.15) is 5.26 Å². The fourth-order valence-electron chi connectivity index (χ4n) is 5.56. The first-order valence-electron chi connectivity index (χ1n) is 12.7. The van der Waals surface area contributed by atoms with Crippen LogP contribution >= 0.6 is 0 Å². The summed E-state index contributed by atoms with van der Waals surface area (Å²) < 4.78 is 0. The quantitative estimate of drug-likeness (QED) is 0.632. The molecule has 1 aliphatic carbocycles. The smallest absolute Gasteiger partial charge is 0.320 e. The molecule has 0 aromatic heterocycles. The molecule has 4 rings (SSSR count). The summed E-state index contributed by atoms with van der Waals surface area (Å²) in [5.41, 5.74) is 0. The summed E-state index contributed by atoms with van der Waals surface area (Å²) >= 11 is 0. The molecule has 2 unspecified atom stereocenters. The Balaban J connectivity index is 0.000000226. The van der Waals surface area contributed by atoms with Gasteiger partial charge >= 0.3 is 6.03 Å². The largest absolute Gasteiger partial charge is 0.327 e. The molecule has 3 heterocycles. The number of urea groups is 1. The number of fused-ring (bicyclic) bond motifs is 1. The number of nitriles is 1. The van der Waals surface area contributed by atoms with Crippen LogP contribution in [0.25, 0.3) is 0 Å². The second-order valence-corrected chi connectivity index (χ2v) is 9.61. The molecule has 6 nitrogen and oxygen atoms in total. The maximum atomic E-state index is 12.3. The Labute approximate surface area is 189 Å². The zero-order valence-electron chi connectivity index (χ0n) is 20.5. The van der Waals surface area contributed by atoms with E-state index in [1.165, 1.54) is 25.7 Å². The van der Waals surface area contributed by atoms with E-state index in [1.807, 2.05) is 20.8 Å². The molecule has 0 bridgehead atoms. The lowest BCUT2D eigenvalue weighted by Crippen LogP contribution is -2.41. The standard InChI is InChI=1S/C15H26N2O.C8H12N2O.C2H6/c1-11(2)12-7-13-9-17(10-14(13)8-12)15(18)16-5-3-4-6-16;1-2-8(11)10-5-3-4-7(10)6-9;1-2/h11-14H,3-10H2,1-2H3;7H,2-5H2,1H3;1-2H3/t12?,13-,14+;;. The van der Waals surface area contributed by atoms with Gasteiger partial charge in [-0.15, -0.1) is 0 Å². The lowest BCUT2D eigenvalue weighted by molar-refractivity contribution is -0.130. The summed E-state index contributed by atoms with van der Waals surface area (Å²) in [7, 11) is 0. The molecule has 3 aliphatic heterocycles. The molecule has 0 radical (unpaired) electrons. The van der Waals surface area contributed by atoms with Gasteiger partial charge in [-0.05, 0) is 62.2 Å². The second-order valence-electron chi connectivity index (χ2n) is 9.61. The van der Waals surface area contributed by atoms with Crippen molar-refractivity contribution in [3.8, 4) is 6.07 Å². The van der Waals surface area contributed by atoms with E-state index in [2.05, 4.69) is 29.7 Å². The average Bonchev–Trinajstić information content (AvgIpc) is 3.57. The molecule has 4 aliphatic rings. The van der Waals surface area contributed by atoms with Gasteiger partial charge in [-0.3, -0.25) is 4.79 Å². The zero-order chi connectivity index (χ0) is 23.0. The van der Waals surface area contributed by atoms with Gasteiger partial charge in [0.25, 0.3) is 0 Å². The van der Waals surface area contributed by atoms with Crippen molar-refractivity contribution in [3.63, 3.8) is 0 Å². The fourth-order valence-corrected chi connectivity index (χ4v) is 5.56. The average molecular weight is 433 g/mol. The van der Waals surface area contributed by atoms with Gasteiger partial charge in [0.05, 0.1) is 6.07 Å². The molecule has 6 heteroatoms. The number of carbonyl (C=O) groups is 2. The summed E-state index contributed by atoms with van der Waals surface area (Å²) in [6, 6.07) is 2.31. The fraction of sp³-hybridized carbons (Fsp3) is 0.880. The number of hydrogen-bond acceptors (Lipinski definition) is 3. The Morgan fingerprint density at radius 2 is 1.55 bits per heavy atom. The highest BCUT2D eigenvalue weighted by Gasteiger charge is 2.43. The molecule has 3 saturated heterocycles. The Morgan fingerprint density at radius 3 is 2.03 bits per heavy atom. The molecular formula is C25H44N4O2. The molecule has 4 fully saturated rings. The number of hydrogen-bond donors (Lipinski definition) is 0. The van der Waals surface area contributed by atoms with Gasteiger partial charge < -0.3 is 14.7 Å². The van der Waals surface area contributed by atoms with Crippen molar-refractivity contribution in [1.82, 2.24) is 14.7 Å². The molecule has 1 saturated carbocycles. The second kappa shape index (κ2) is 12.3. The van der Waals surface area contributed by atoms with Crippen LogP contribution in [0.5, 0.6) is 0 Å². The Morgan fingerprint density at radius 1 is 0.968 bits per heavy atom. The molecular weight excluding hydrogens is 388 g/mol. The van der Waals surface area contributed by atoms with Crippen LogP contribution in [0.1, 0.15) is 79.6 Å². The van der Waals surface area contributed by atoms with Crippen LogP contribution in [0.2, 0.25) is 0 Å². The number of rotatable bonds is 2. The van der Waals surface area contributed by atoms with Gasteiger partial charge in [0.15, 0.2) is 0 Å². The molecule has 0 aromatic carbocycles. The maximum absolute atomic E-state index is 12.3. The molecule has 31 heavy (non-hydrogen) atoms. The van der Waals surface area contributed by atoms with Crippen LogP contribution in [-0.2, 0) is 4.79 Å². The lowest BCUT2D eigenvalue weighted by Gasteiger charge is -2.25. The van der Waals surface area contributed by atoms with E-state index in [0.29, 0.717) is 12.5 Å². The summed E-state index contributed by atoms with van der Waals surface area (Å²) in [6.07, 6.45) is 7.44. The van der Waals surface area contributed by atoms with Crippen molar-refractivity contribution in [2.45, 2.75) is 85.6 Å². The van der Waals surface area contributed by atoms with Crippen molar-refractivity contribution in [2.75, 3.05) is 32.7 Å². The van der Waals surface area contributed by atoms with Crippen molar-refractivity contribution >= 4 is 11.9 Å². The minimum absolute atomic E-state index is 0.106. The monoisotopic (exact) mass is 432 g/mol. The van der Waals surface area contributed by atoms with Crippen molar-refractivity contribution in [3.05, 3.63) is 0 Å². The molecule has 3 amide bonds. The van der Waals surface area contributed by atoms with E-state index in [4.69, 9.17) is 5.26 Å². The number of nitrogens with zero attached hydrogens (tertiary/aromatic N) is 4. The molecule has 0 spiro atoms. The van der Waals surface area contributed by atoms with E-state index in [-0.39, 0.29) is 11.9 Å². The number of likely N-dealkylation sites (tertiary alicyclic amines) is 3. The highest BCUT2D eigenvalue weighted by molar-refractivity contribution is 5.76. The van der Waals surface area contributed by atoms with E-state index in [1.54, 1.807) is 4.90 Å². The summed E-state index contributed by atoms with van der Waals surface area (Å²) in [4.78, 5) is 29.4. The Kier molecular flexibility index (Phi) is 10.1. The van der Waals surface area contributed by atoms with Gasteiger partial charge in [0.2, 0.25) is 5.91 Å². The SMILES string of the molecule is CC.CC(C)C1C[C@@H]2CN(C(=O)N3CCCC3)C[C@@H]2C1.CCC(=O)N1CCCC1C#N. The highest BCUT2D eigenvalue weighted by Crippen LogP contribution is 2.44. The Hall–Kier alpha value is -1.77. The molecule has 0 N–H and O–H groups in total. The van der Waals surface area contributed by atoms with Crippen molar-refractivity contribution in [1.29, 1.82) is 5.26 Å². The van der Waals surface area contributed by atoms with Crippen LogP contribution in [0.3, 0.4) is 0 Å². The van der Waals surface area contributed by atoms with Crippen LogP contribution in [0, 0.1) is 35.0 Å². The molecule has 176 valence electrons. The third kappa shape index (κ3) is 6.37. The van der Waals surface area contributed by atoms with Crippen LogP contribution in [0.15, 0.2) is 0 Å². The normalized spacial score (nSPS) is 29.1. The van der Waals surface area contributed by atoms with Crippen LogP contribution in [0.4, 0.5) is 4.79 Å². The first kappa shape index (κ1) is 25.5. The number of carbonyl (C=O) groups excluding carboxylic acids is 2. The first-order valence-corrected chi connectivity index (χ1v) is 12.7. The van der Waals surface area contributed by atoms with Crippen molar-refractivity contribution in [2.24, 2.45) is 23.7 Å². The van der Waals surface area contributed by atoms with Crippen LogP contribution < -0.4 is 0 Å². The van der Waals surface area contributed by atoms with Gasteiger partial charge in [0.1, 0.15) is 6.04 Å². The summed E-state index contributed by atoms with van der Waals surface area (Å²) in [5, 5.41) is 8.64. The van der Waals surface area contributed by atoms with Crippen LogP contribution in [-0.4, -0.2) is 65.4 Å². The summed E-state index contributed by atoms with van der Waals surface area (Å²) in [6.45, 7) is 15.3. The van der Waals surface area contributed by atoms with E-state index in [9.17, 15) is 9.59 Å². The maximum Gasteiger partial charge on any atom is 0.320 e. The zero-order valence-corrected chi connectivity index (χ0v) is 20.5. The van der Waals surface area contributed by atoms with E-state index < -0.39 is 0 Å². The first-order chi connectivity index (χ1) is 14.9. The third-order valence-electron chi connectivity index (χ3n) is 7.40. The summed E-state index contributed by atoms with van der Waals surface area (Å²) in [5.74, 6) is 3.42. The minimum Gasteiger partial charge on any atom is -0.327 e. The predicted octanol–water partition coefficient (Wildman–Crippen LogP) is 4.75. The number of amides is 3. The molecule has 4 atom stereocenters. The lowest BCUT2D eigenvalue weighted by atomic mass is 9.93. The minimum atomic E-state index is -0.151. The van der Waals surface area contributed by atoms with Gasteiger partial charge in [0, 0.05) is 39.1 Å². The van der Waals surface area contributed by atoms with E-state index >= 15 is 0 Å². The highest BCUT2D eigenvalue weighted by atomic mass is 16.2. The third-order valence-corrected chi connectivity index (χ3v) is 7.40. The molecule has 0 aromatic rings. The van der Waals surface area contributed by atoms with Crippen molar-refractivity contribution < 1.29 is 9.59 Å². The Bertz CT molecular complexity index is 610. The van der Waals surface area contributed by atoms with E-state index in [0.717, 1.165) is 69.2 Å². The van der Waals surface area contributed by atoms with Gasteiger partial charge in [-0.25, -0.2) is 4.79 Å². The van der Waals surface area contributed by atoms with Gasteiger partial charge in [-0.1, -0.05) is 34.6 Å². The topological polar surface area (TPSA) is 67.7 Å². The predicted molar refractivity (Wildman–Crippen MR) is 124 cm³/mol.